The molecule has 0 bridgehead atoms. The van der Waals surface area contributed by atoms with Crippen molar-refractivity contribution in [1.29, 1.82) is 0 Å². The zero-order valence-corrected chi connectivity index (χ0v) is 14.4. The van der Waals surface area contributed by atoms with E-state index in [9.17, 15) is 9.59 Å². The van der Waals surface area contributed by atoms with E-state index in [1.165, 1.54) is 11.1 Å². The first-order valence-electron chi connectivity index (χ1n) is 8.73. The standard InChI is InChI=1S/C21H23NO3/c1-15-4-9-17(10-5-15)19-3-2-14-22(19)20(23)13-8-16-6-11-18(12-7-16)21(24)25/h4-7,9-12,19H,2-3,8,13-14H2,1H3,(H,24,25). The molecular weight excluding hydrogens is 314 g/mol. The summed E-state index contributed by atoms with van der Waals surface area (Å²) in [6.45, 7) is 2.88. The van der Waals surface area contributed by atoms with Crippen LogP contribution in [-0.2, 0) is 11.2 Å². The van der Waals surface area contributed by atoms with Crippen LogP contribution >= 0.6 is 0 Å². The third kappa shape index (κ3) is 4.08. The van der Waals surface area contributed by atoms with Gasteiger partial charge in [-0.25, -0.2) is 4.79 Å². The first-order valence-corrected chi connectivity index (χ1v) is 8.73. The number of benzene rings is 2. The summed E-state index contributed by atoms with van der Waals surface area (Å²) < 4.78 is 0. The number of likely N-dealkylation sites (tertiary alicyclic amines) is 1. The van der Waals surface area contributed by atoms with Gasteiger partial charge in [-0.3, -0.25) is 4.79 Å². The fourth-order valence-corrected chi connectivity index (χ4v) is 3.41. The summed E-state index contributed by atoms with van der Waals surface area (Å²) in [7, 11) is 0. The fraction of sp³-hybridized carbons (Fsp3) is 0.333. The number of carbonyl (C=O) groups excluding carboxylic acids is 1. The van der Waals surface area contributed by atoms with Gasteiger partial charge in [-0.15, -0.1) is 0 Å². The third-order valence-electron chi connectivity index (χ3n) is 4.86. The summed E-state index contributed by atoms with van der Waals surface area (Å²) in [4.78, 5) is 25.6. The molecule has 0 radical (unpaired) electrons. The van der Waals surface area contributed by atoms with E-state index in [-0.39, 0.29) is 17.5 Å². The van der Waals surface area contributed by atoms with Crippen molar-refractivity contribution in [2.75, 3.05) is 6.54 Å². The molecule has 1 aliphatic heterocycles. The quantitative estimate of drug-likeness (QED) is 0.897. The average molecular weight is 337 g/mol. The lowest BCUT2D eigenvalue weighted by molar-refractivity contribution is -0.132. The summed E-state index contributed by atoms with van der Waals surface area (Å²) in [6, 6.07) is 15.4. The van der Waals surface area contributed by atoms with Gasteiger partial charge < -0.3 is 10.0 Å². The summed E-state index contributed by atoms with van der Waals surface area (Å²) in [5.74, 6) is -0.758. The Hall–Kier alpha value is -2.62. The van der Waals surface area contributed by atoms with Gasteiger partial charge in [-0.1, -0.05) is 42.0 Å². The van der Waals surface area contributed by atoms with Crippen molar-refractivity contribution in [2.45, 2.75) is 38.6 Å². The molecule has 2 aromatic carbocycles. The van der Waals surface area contributed by atoms with E-state index in [1.54, 1.807) is 24.3 Å². The fourth-order valence-electron chi connectivity index (χ4n) is 3.41. The number of carboxylic acid groups (broad SMARTS) is 1. The zero-order chi connectivity index (χ0) is 17.8. The number of carboxylic acids is 1. The van der Waals surface area contributed by atoms with Gasteiger partial charge in [0.05, 0.1) is 11.6 Å². The Morgan fingerprint density at radius 1 is 1.08 bits per heavy atom. The normalized spacial score (nSPS) is 16.8. The van der Waals surface area contributed by atoms with Gasteiger partial charge in [-0.2, -0.15) is 0 Å². The molecule has 1 atom stereocenters. The lowest BCUT2D eigenvalue weighted by atomic mass is 10.0. The van der Waals surface area contributed by atoms with E-state index >= 15 is 0 Å². The summed E-state index contributed by atoms with van der Waals surface area (Å²) in [5.41, 5.74) is 3.70. The minimum absolute atomic E-state index is 0.172. The monoisotopic (exact) mass is 337 g/mol. The van der Waals surface area contributed by atoms with Gasteiger partial charge in [0.15, 0.2) is 0 Å². The number of amides is 1. The van der Waals surface area contributed by atoms with Gasteiger partial charge in [-0.05, 0) is 49.4 Å². The molecule has 1 unspecified atom stereocenters. The molecule has 0 saturated carbocycles. The van der Waals surface area contributed by atoms with Crippen molar-refractivity contribution in [1.82, 2.24) is 4.90 Å². The molecule has 0 aliphatic carbocycles. The molecule has 0 spiro atoms. The van der Waals surface area contributed by atoms with Gasteiger partial charge >= 0.3 is 5.97 Å². The minimum atomic E-state index is -0.930. The smallest absolute Gasteiger partial charge is 0.335 e. The van der Waals surface area contributed by atoms with Crippen LogP contribution < -0.4 is 0 Å². The second-order valence-electron chi connectivity index (χ2n) is 6.66. The molecule has 4 heteroatoms. The maximum absolute atomic E-state index is 12.7. The second kappa shape index (κ2) is 7.51. The van der Waals surface area contributed by atoms with Gasteiger partial charge in [0.2, 0.25) is 5.91 Å². The van der Waals surface area contributed by atoms with Crippen LogP contribution in [-0.4, -0.2) is 28.4 Å². The van der Waals surface area contributed by atoms with Crippen molar-refractivity contribution in [3.63, 3.8) is 0 Å². The van der Waals surface area contributed by atoms with E-state index in [2.05, 4.69) is 31.2 Å². The molecule has 1 aliphatic rings. The summed E-state index contributed by atoms with van der Waals surface area (Å²) in [6.07, 6.45) is 3.14. The van der Waals surface area contributed by atoms with Crippen LogP contribution in [0.1, 0.15) is 52.4 Å². The minimum Gasteiger partial charge on any atom is -0.478 e. The second-order valence-corrected chi connectivity index (χ2v) is 6.66. The first-order chi connectivity index (χ1) is 12.0. The number of aromatic carboxylic acids is 1. The SMILES string of the molecule is Cc1ccc(C2CCCN2C(=O)CCc2ccc(C(=O)O)cc2)cc1. The largest absolute Gasteiger partial charge is 0.478 e. The first kappa shape index (κ1) is 17.2. The number of hydrogen-bond acceptors (Lipinski definition) is 2. The Morgan fingerprint density at radius 2 is 1.76 bits per heavy atom. The molecule has 0 aromatic heterocycles. The van der Waals surface area contributed by atoms with Crippen molar-refractivity contribution < 1.29 is 14.7 Å². The molecule has 1 fully saturated rings. The predicted molar refractivity (Wildman–Crippen MR) is 96.6 cm³/mol. The Bertz CT molecular complexity index is 750. The predicted octanol–water partition coefficient (Wildman–Crippen LogP) is 3.99. The number of aryl methyl sites for hydroxylation is 2. The molecule has 1 N–H and O–H groups in total. The molecule has 25 heavy (non-hydrogen) atoms. The van der Waals surface area contributed by atoms with Crippen LogP contribution in [0.3, 0.4) is 0 Å². The van der Waals surface area contributed by atoms with E-state index < -0.39 is 5.97 Å². The molecule has 1 heterocycles. The van der Waals surface area contributed by atoms with E-state index in [1.807, 2.05) is 4.90 Å². The molecular formula is C21H23NO3. The van der Waals surface area contributed by atoms with Crippen molar-refractivity contribution in [3.05, 3.63) is 70.8 Å². The van der Waals surface area contributed by atoms with E-state index in [4.69, 9.17) is 5.11 Å². The average Bonchev–Trinajstić information content (AvgIpc) is 3.10. The zero-order valence-electron chi connectivity index (χ0n) is 14.4. The highest BCUT2D eigenvalue weighted by atomic mass is 16.4. The van der Waals surface area contributed by atoms with Crippen LogP contribution in [0, 0.1) is 6.92 Å². The molecule has 1 saturated heterocycles. The van der Waals surface area contributed by atoms with Crippen LogP contribution in [0.15, 0.2) is 48.5 Å². The number of hydrogen-bond donors (Lipinski definition) is 1. The van der Waals surface area contributed by atoms with Crippen LogP contribution in [0.25, 0.3) is 0 Å². The van der Waals surface area contributed by atoms with Crippen molar-refractivity contribution in [2.24, 2.45) is 0 Å². The highest BCUT2D eigenvalue weighted by molar-refractivity contribution is 5.87. The van der Waals surface area contributed by atoms with Crippen LogP contribution in [0.2, 0.25) is 0 Å². The lowest BCUT2D eigenvalue weighted by Gasteiger charge is -2.25. The molecule has 4 nitrogen and oxygen atoms in total. The van der Waals surface area contributed by atoms with Gasteiger partial charge in [0.25, 0.3) is 0 Å². The van der Waals surface area contributed by atoms with E-state index in [0.29, 0.717) is 12.8 Å². The van der Waals surface area contributed by atoms with Gasteiger partial charge in [0, 0.05) is 13.0 Å². The highest BCUT2D eigenvalue weighted by Crippen LogP contribution is 2.32. The number of rotatable bonds is 5. The van der Waals surface area contributed by atoms with Crippen LogP contribution in [0.4, 0.5) is 0 Å². The van der Waals surface area contributed by atoms with Crippen molar-refractivity contribution >= 4 is 11.9 Å². The topological polar surface area (TPSA) is 57.6 Å². The molecule has 130 valence electrons. The number of nitrogens with zero attached hydrogens (tertiary/aromatic N) is 1. The molecule has 2 aromatic rings. The van der Waals surface area contributed by atoms with E-state index in [0.717, 1.165) is 24.9 Å². The maximum Gasteiger partial charge on any atom is 0.335 e. The Kier molecular flexibility index (Phi) is 5.17. The maximum atomic E-state index is 12.7. The third-order valence-corrected chi connectivity index (χ3v) is 4.86. The van der Waals surface area contributed by atoms with Crippen molar-refractivity contribution in [3.8, 4) is 0 Å². The highest BCUT2D eigenvalue weighted by Gasteiger charge is 2.29. The summed E-state index contributed by atoms with van der Waals surface area (Å²) >= 11 is 0. The Balaban J connectivity index is 1.62. The number of carbonyl (C=O) groups is 2. The lowest BCUT2D eigenvalue weighted by Crippen LogP contribution is -2.30. The van der Waals surface area contributed by atoms with Crippen LogP contribution in [0.5, 0.6) is 0 Å². The summed E-state index contributed by atoms with van der Waals surface area (Å²) in [5, 5.41) is 8.93. The Labute approximate surface area is 148 Å². The molecule has 3 rings (SSSR count). The molecule has 1 amide bonds. The Morgan fingerprint density at radius 3 is 2.40 bits per heavy atom. The van der Waals surface area contributed by atoms with Gasteiger partial charge in [0.1, 0.15) is 0 Å².